The van der Waals surface area contributed by atoms with E-state index in [0.29, 0.717) is 16.5 Å². The standard InChI is InChI=1S/C16H12ClN3O2/c1-10-4-5-12(17)7-13(10)19-16(21)14-8-15(22-20-14)11-3-2-6-18-9-11/h2-9H,1H3,(H,19,21). The molecule has 0 saturated carbocycles. The number of aryl methyl sites for hydroxylation is 1. The Kier molecular flexibility index (Phi) is 3.89. The highest BCUT2D eigenvalue weighted by molar-refractivity contribution is 6.31. The Bertz CT molecular complexity index is 815. The van der Waals surface area contributed by atoms with Crippen LogP contribution in [0.1, 0.15) is 16.1 Å². The number of anilines is 1. The topological polar surface area (TPSA) is 68.0 Å². The number of benzene rings is 1. The van der Waals surface area contributed by atoms with Crippen molar-refractivity contribution in [3.05, 3.63) is 65.1 Å². The number of nitrogens with one attached hydrogen (secondary N) is 1. The van der Waals surface area contributed by atoms with E-state index >= 15 is 0 Å². The van der Waals surface area contributed by atoms with E-state index in [1.165, 1.54) is 0 Å². The lowest BCUT2D eigenvalue weighted by Crippen LogP contribution is -2.13. The molecular weight excluding hydrogens is 302 g/mol. The van der Waals surface area contributed by atoms with Gasteiger partial charge in [0, 0.05) is 34.7 Å². The number of halogens is 1. The van der Waals surface area contributed by atoms with Gasteiger partial charge in [-0.25, -0.2) is 0 Å². The second-order valence-electron chi connectivity index (χ2n) is 4.73. The van der Waals surface area contributed by atoms with Gasteiger partial charge in [-0.1, -0.05) is 22.8 Å². The number of hydrogen-bond donors (Lipinski definition) is 1. The van der Waals surface area contributed by atoms with Gasteiger partial charge in [0.05, 0.1) is 0 Å². The first kappa shape index (κ1) is 14.3. The molecule has 0 unspecified atom stereocenters. The highest BCUT2D eigenvalue weighted by Crippen LogP contribution is 2.22. The van der Waals surface area contributed by atoms with Gasteiger partial charge < -0.3 is 9.84 Å². The average Bonchev–Trinajstić information content (AvgIpc) is 3.02. The Labute approximate surface area is 131 Å². The molecule has 0 radical (unpaired) electrons. The van der Waals surface area contributed by atoms with Gasteiger partial charge in [-0.3, -0.25) is 9.78 Å². The molecule has 0 saturated heterocycles. The number of nitrogens with zero attached hydrogens (tertiary/aromatic N) is 2. The SMILES string of the molecule is Cc1ccc(Cl)cc1NC(=O)c1cc(-c2cccnc2)on1. The first-order valence-electron chi connectivity index (χ1n) is 6.58. The summed E-state index contributed by atoms with van der Waals surface area (Å²) in [6.45, 7) is 1.88. The van der Waals surface area contributed by atoms with Gasteiger partial charge >= 0.3 is 0 Å². The Hall–Kier alpha value is -2.66. The molecule has 5 nitrogen and oxygen atoms in total. The van der Waals surface area contributed by atoms with Gasteiger partial charge in [-0.2, -0.15) is 0 Å². The van der Waals surface area contributed by atoms with Crippen molar-refractivity contribution in [2.75, 3.05) is 5.32 Å². The number of pyridine rings is 1. The third-order valence-electron chi connectivity index (χ3n) is 3.14. The molecule has 0 fully saturated rings. The van der Waals surface area contributed by atoms with Crippen LogP contribution in [0, 0.1) is 6.92 Å². The molecule has 2 aromatic heterocycles. The highest BCUT2D eigenvalue weighted by atomic mass is 35.5. The van der Waals surface area contributed by atoms with Crippen LogP contribution < -0.4 is 5.32 Å². The number of carbonyl (C=O) groups is 1. The van der Waals surface area contributed by atoms with Crippen LogP contribution in [-0.2, 0) is 0 Å². The van der Waals surface area contributed by atoms with Gasteiger partial charge in [0.25, 0.3) is 5.91 Å². The maximum absolute atomic E-state index is 12.2. The molecule has 0 aliphatic carbocycles. The molecule has 0 spiro atoms. The third kappa shape index (κ3) is 2.99. The Morgan fingerprint density at radius 1 is 1.27 bits per heavy atom. The van der Waals surface area contributed by atoms with Crippen LogP contribution in [0.3, 0.4) is 0 Å². The first-order valence-corrected chi connectivity index (χ1v) is 6.96. The van der Waals surface area contributed by atoms with Crippen LogP contribution in [-0.4, -0.2) is 16.0 Å². The van der Waals surface area contributed by atoms with E-state index in [2.05, 4.69) is 15.5 Å². The van der Waals surface area contributed by atoms with Crippen molar-refractivity contribution in [1.82, 2.24) is 10.1 Å². The van der Waals surface area contributed by atoms with Gasteiger partial charge in [0.15, 0.2) is 11.5 Å². The van der Waals surface area contributed by atoms with Crippen molar-refractivity contribution in [2.45, 2.75) is 6.92 Å². The van der Waals surface area contributed by atoms with Gasteiger partial charge in [0.1, 0.15) is 0 Å². The summed E-state index contributed by atoms with van der Waals surface area (Å²) in [5.74, 6) is 0.130. The Morgan fingerprint density at radius 3 is 2.91 bits per heavy atom. The number of amides is 1. The summed E-state index contributed by atoms with van der Waals surface area (Å²) in [5.41, 5.74) is 2.50. The summed E-state index contributed by atoms with van der Waals surface area (Å²) in [7, 11) is 0. The molecule has 22 heavy (non-hydrogen) atoms. The molecule has 2 heterocycles. The average molecular weight is 314 g/mol. The number of carbonyl (C=O) groups excluding carboxylic acids is 1. The molecule has 1 N–H and O–H groups in total. The monoisotopic (exact) mass is 313 g/mol. The van der Waals surface area contributed by atoms with Gasteiger partial charge in [-0.15, -0.1) is 0 Å². The second-order valence-corrected chi connectivity index (χ2v) is 5.17. The van der Waals surface area contributed by atoms with Crippen molar-refractivity contribution in [3.8, 4) is 11.3 Å². The third-order valence-corrected chi connectivity index (χ3v) is 3.37. The fourth-order valence-electron chi connectivity index (χ4n) is 1.94. The van der Waals surface area contributed by atoms with E-state index < -0.39 is 0 Å². The van der Waals surface area contributed by atoms with Gasteiger partial charge in [0.2, 0.25) is 0 Å². The van der Waals surface area contributed by atoms with Crippen LogP contribution in [0.4, 0.5) is 5.69 Å². The maximum Gasteiger partial charge on any atom is 0.277 e. The zero-order chi connectivity index (χ0) is 15.5. The minimum Gasteiger partial charge on any atom is -0.355 e. The molecule has 3 aromatic rings. The lowest BCUT2D eigenvalue weighted by molar-refractivity contribution is 0.101. The fourth-order valence-corrected chi connectivity index (χ4v) is 2.11. The molecule has 0 aliphatic rings. The quantitative estimate of drug-likeness (QED) is 0.795. The molecule has 6 heteroatoms. The van der Waals surface area contributed by atoms with Crippen LogP contribution in [0.15, 0.2) is 53.3 Å². The van der Waals surface area contributed by atoms with E-state index in [9.17, 15) is 4.79 Å². The van der Waals surface area contributed by atoms with Crippen molar-refractivity contribution in [1.29, 1.82) is 0 Å². The zero-order valence-electron chi connectivity index (χ0n) is 11.7. The minimum absolute atomic E-state index is 0.193. The van der Waals surface area contributed by atoms with E-state index in [1.807, 2.05) is 19.1 Å². The predicted octanol–water partition coefficient (Wildman–Crippen LogP) is 3.95. The van der Waals surface area contributed by atoms with Crippen molar-refractivity contribution in [3.63, 3.8) is 0 Å². The summed E-state index contributed by atoms with van der Waals surface area (Å²) in [5, 5.41) is 7.12. The minimum atomic E-state index is -0.357. The normalized spacial score (nSPS) is 10.5. The summed E-state index contributed by atoms with van der Waals surface area (Å²) in [4.78, 5) is 16.2. The summed E-state index contributed by atoms with van der Waals surface area (Å²) < 4.78 is 5.19. The molecule has 3 rings (SSSR count). The molecule has 1 aromatic carbocycles. The number of aromatic nitrogens is 2. The molecule has 110 valence electrons. The summed E-state index contributed by atoms with van der Waals surface area (Å²) in [6, 6.07) is 10.5. The van der Waals surface area contributed by atoms with Gasteiger partial charge in [-0.05, 0) is 36.8 Å². The van der Waals surface area contributed by atoms with Crippen LogP contribution >= 0.6 is 11.6 Å². The zero-order valence-corrected chi connectivity index (χ0v) is 12.5. The summed E-state index contributed by atoms with van der Waals surface area (Å²) >= 11 is 5.94. The van der Waals surface area contributed by atoms with Crippen LogP contribution in [0.2, 0.25) is 5.02 Å². The van der Waals surface area contributed by atoms with E-state index in [-0.39, 0.29) is 11.6 Å². The largest absolute Gasteiger partial charge is 0.355 e. The molecular formula is C16H12ClN3O2. The molecule has 0 atom stereocenters. The fraction of sp³-hybridized carbons (Fsp3) is 0.0625. The van der Waals surface area contributed by atoms with Crippen molar-refractivity contribution in [2.24, 2.45) is 0 Å². The van der Waals surface area contributed by atoms with Crippen LogP contribution in [0.5, 0.6) is 0 Å². The lowest BCUT2D eigenvalue weighted by Gasteiger charge is -2.06. The first-order chi connectivity index (χ1) is 10.6. The Balaban J connectivity index is 1.81. The smallest absolute Gasteiger partial charge is 0.277 e. The summed E-state index contributed by atoms with van der Waals surface area (Å²) in [6.07, 6.45) is 3.30. The number of hydrogen-bond acceptors (Lipinski definition) is 4. The highest BCUT2D eigenvalue weighted by Gasteiger charge is 2.15. The lowest BCUT2D eigenvalue weighted by atomic mass is 10.2. The predicted molar refractivity (Wildman–Crippen MR) is 83.9 cm³/mol. The second kappa shape index (κ2) is 5.99. The Morgan fingerprint density at radius 2 is 2.14 bits per heavy atom. The number of rotatable bonds is 3. The van der Waals surface area contributed by atoms with E-state index in [4.69, 9.17) is 16.1 Å². The van der Waals surface area contributed by atoms with Crippen molar-refractivity contribution < 1.29 is 9.32 Å². The van der Waals surface area contributed by atoms with Crippen LogP contribution in [0.25, 0.3) is 11.3 Å². The maximum atomic E-state index is 12.2. The van der Waals surface area contributed by atoms with E-state index in [1.54, 1.807) is 36.7 Å². The van der Waals surface area contributed by atoms with E-state index in [0.717, 1.165) is 11.1 Å². The molecule has 0 bridgehead atoms. The molecule has 1 amide bonds. The molecule has 0 aliphatic heterocycles. The van der Waals surface area contributed by atoms with Crippen molar-refractivity contribution >= 4 is 23.2 Å².